The van der Waals surface area contributed by atoms with E-state index in [2.05, 4.69) is 14.0 Å². The van der Waals surface area contributed by atoms with Gasteiger partial charge in [0, 0.05) is 0 Å². The maximum atomic E-state index is 3.67. The summed E-state index contributed by atoms with van der Waals surface area (Å²) in [6.45, 7) is 0. The fraction of sp³-hybridized carbons (Fsp3) is 0. The standard InChI is InChI=1S/CHN3S2/c1-2-4-6-5-3-1/h1H. The van der Waals surface area contributed by atoms with Crippen LogP contribution in [-0.2, 0) is 0 Å². The highest BCUT2D eigenvalue weighted by molar-refractivity contribution is 8.75. The van der Waals surface area contributed by atoms with E-state index >= 15 is 0 Å². The van der Waals surface area contributed by atoms with Crippen LogP contribution in [0, 0.1) is 0 Å². The molecule has 5 heteroatoms. The minimum atomic E-state index is 1.27. The fourth-order valence-corrected chi connectivity index (χ4v) is 0.780. The fourth-order valence-electron chi connectivity index (χ4n) is 0.115. The van der Waals surface area contributed by atoms with E-state index in [0.717, 1.165) is 0 Å². The minimum Gasteiger partial charge on any atom is -0.189 e. The second-order valence-corrected chi connectivity index (χ2v) is 2.13. The van der Waals surface area contributed by atoms with Gasteiger partial charge in [-0.15, -0.1) is 9.63 Å². The van der Waals surface area contributed by atoms with Crippen molar-refractivity contribution in [2.75, 3.05) is 0 Å². The van der Waals surface area contributed by atoms with Crippen LogP contribution in [0.4, 0.5) is 0 Å². The molecule has 1 aliphatic rings. The van der Waals surface area contributed by atoms with Gasteiger partial charge >= 0.3 is 0 Å². The third-order valence-electron chi connectivity index (χ3n) is 0.256. The summed E-state index contributed by atoms with van der Waals surface area (Å²) in [5.41, 5.74) is 0. The van der Waals surface area contributed by atoms with Gasteiger partial charge in [0.1, 0.15) is 6.34 Å². The normalized spacial score (nSPS) is 18.7. The van der Waals surface area contributed by atoms with Gasteiger partial charge < -0.3 is 0 Å². The third kappa shape index (κ3) is 0.983. The molecule has 1 heterocycles. The summed E-state index contributed by atoms with van der Waals surface area (Å²) >= 11 is 0. The summed E-state index contributed by atoms with van der Waals surface area (Å²) in [7, 11) is 2.59. The molecule has 0 unspecified atom stereocenters. The van der Waals surface area contributed by atoms with Gasteiger partial charge in [-0.3, -0.25) is 0 Å². The van der Waals surface area contributed by atoms with Gasteiger partial charge in [-0.05, 0) is 0 Å². The summed E-state index contributed by atoms with van der Waals surface area (Å²) in [6.07, 6.45) is 1.42. The van der Waals surface area contributed by atoms with E-state index in [9.17, 15) is 0 Å². The molecule has 3 nitrogen and oxygen atoms in total. The van der Waals surface area contributed by atoms with Crippen molar-refractivity contribution < 1.29 is 0 Å². The zero-order valence-corrected chi connectivity index (χ0v) is 4.37. The highest BCUT2D eigenvalue weighted by atomic mass is 33.1. The third-order valence-corrected chi connectivity index (χ3v) is 1.32. The van der Waals surface area contributed by atoms with Gasteiger partial charge in [-0.25, -0.2) is 0 Å². The molecule has 0 aromatic rings. The molecule has 32 valence electrons. The van der Waals surface area contributed by atoms with E-state index in [1.165, 1.54) is 28.3 Å². The van der Waals surface area contributed by atoms with Crippen molar-refractivity contribution in [2.45, 2.75) is 0 Å². The smallest absolute Gasteiger partial charge is 0.148 e. The van der Waals surface area contributed by atoms with Gasteiger partial charge in [0.2, 0.25) is 0 Å². The van der Waals surface area contributed by atoms with Crippen molar-refractivity contribution in [3.63, 3.8) is 0 Å². The molecule has 0 aromatic carbocycles. The zero-order chi connectivity index (χ0) is 4.24. The Kier molecular flexibility index (Phi) is 1.52. The average Bonchev–Trinajstić information content (AvgIpc) is 1.72. The van der Waals surface area contributed by atoms with E-state index in [1.807, 2.05) is 0 Å². The van der Waals surface area contributed by atoms with Crippen molar-refractivity contribution >= 4 is 28.3 Å². The lowest BCUT2D eigenvalue weighted by atomic mass is 11.4. The highest BCUT2D eigenvalue weighted by Gasteiger charge is 1.83. The van der Waals surface area contributed by atoms with E-state index < -0.39 is 0 Å². The van der Waals surface area contributed by atoms with Gasteiger partial charge in [-0.2, -0.15) is 4.40 Å². The van der Waals surface area contributed by atoms with E-state index in [-0.39, 0.29) is 0 Å². The molecule has 1 rings (SSSR count). The lowest BCUT2D eigenvalue weighted by Gasteiger charge is -1.83. The molecule has 0 aliphatic carbocycles. The maximum Gasteiger partial charge on any atom is 0.148 e. The molecule has 0 bridgehead atoms. The predicted octanol–water partition coefficient (Wildman–Crippen LogP) is 1.69. The van der Waals surface area contributed by atoms with Crippen molar-refractivity contribution in [3.05, 3.63) is 0 Å². The molecule has 0 radical (unpaired) electrons. The molecule has 0 atom stereocenters. The van der Waals surface area contributed by atoms with Crippen molar-refractivity contribution in [1.82, 2.24) is 0 Å². The Labute approximate surface area is 43.0 Å². The lowest BCUT2D eigenvalue weighted by molar-refractivity contribution is 1.45. The average molecular weight is 119 g/mol. The number of rotatable bonds is 0. The first-order valence-corrected chi connectivity index (χ1v) is 3.31. The Morgan fingerprint density at radius 1 is 1.33 bits per heavy atom. The number of hydrogen-bond acceptors (Lipinski definition) is 5. The van der Waals surface area contributed by atoms with Crippen molar-refractivity contribution in [1.29, 1.82) is 0 Å². The van der Waals surface area contributed by atoms with Crippen LogP contribution in [0.3, 0.4) is 0 Å². The summed E-state index contributed by atoms with van der Waals surface area (Å²) in [5.74, 6) is 0. The molecule has 1 aliphatic heterocycles. The molecule has 0 amide bonds. The van der Waals surface area contributed by atoms with Crippen LogP contribution in [0.5, 0.6) is 0 Å². The maximum absolute atomic E-state index is 3.67. The number of hydrogen-bond donors (Lipinski definition) is 0. The van der Waals surface area contributed by atoms with Crippen LogP contribution in [0.1, 0.15) is 0 Å². The Balaban J connectivity index is 2.46. The van der Waals surface area contributed by atoms with Gasteiger partial charge in [-0.1, -0.05) is 0 Å². The van der Waals surface area contributed by atoms with Gasteiger partial charge in [0.25, 0.3) is 0 Å². The molecule has 0 fully saturated rings. The van der Waals surface area contributed by atoms with Gasteiger partial charge in [0.15, 0.2) is 0 Å². The summed E-state index contributed by atoms with van der Waals surface area (Å²) in [5, 5.41) is 3.45. The highest BCUT2D eigenvalue weighted by Crippen LogP contribution is 2.25. The Morgan fingerprint density at radius 3 is 2.50 bits per heavy atom. The summed E-state index contributed by atoms with van der Waals surface area (Å²) in [4.78, 5) is 0. The molecule has 0 saturated heterocycles. The first-order valence-electron chi connectivity index (χ1n) is 1.25. The molecular formula is CHN3S2. The van der Waals surface area contributed by atoms with Crippen LogP contribution < -0.4 is 0 Å². The molecule has 0 spiro atoms. The van der Waals surface area contributed by atoms with Crippen LogP contribution in [-0.4, -0.2) is 6.34 Å². The van der Waals surface area contributed by atoms with E-state index in [1.54, 1.807) is 0 Å². The molecule has 6 heavy (non-hydrogen) atoms. The first-order chi connectivity index (χ1) is 3.00. The van der Waals surface area contributed by atoms with E-state index in [0.29, 0.717) is 0 Å². The second kappa shape index (κ2) is 2.20. The number of nitrogens with zero attached hydrogens (tertiary/aromatic N) is 3. The van der Waals surface area contributed by atoms with Crippen LogP contribution in [0.25, 0.3) is 0 Å². The van der Waals surface area contributed by atoms with Crippen LogP contribution in [0.2, 0.25) is 0 Å². The summed E-state index contributed by atoms with van der Waals surface area (Å²) < 4.78 is 7.20. The quantitative estimate of drug-likeness (QED) is 0.359. The topological polar surface area (TPSA) is 37.1 Å². The van der Waals surface area contributed by atoms with Crippen molar-refractivity contribution in [2.24, 2.45) is 14.0 Å². The first kappa shape index (κ1) is 4.14. The van der Waals surface area contributed by atoms with Crippen LogP contribution >= 0.6 is 22.0 Å². The SMILES string of the molecule is C1=NSSN=N1. The zero-order valence-electron chi connectivity index (χ0n) is 2.74. The predicted molar refractivity (Wildman–Crippen MR) is 28.5 cm³/mol. The van der Waals surface area contributed by atoms with Crippen LogP contribution in [0.15, 0.2) is 14.0 Å². The molecule has 0 saturated carbocycles. The summed E-state index contributed by atoms with van der Waals surface area (Å²) in [6, 6.07) is 0. The molecule has 0 aromatic heterocycles. The Bertz CT molecular complexity index is 74.8. The second-order valence-electron chi connectivity index (χ2n) is 0.567. The lowest BCUT2D eigenvalue weighted by Crippen LogP contribution is -1.59. The Morgan fingerprint density at radius 2 is 2.33 bits per heavy atom. The van der Waals surface area contributed by atoms with E-state index in [4.69, 9.17) is 0 Å². The molecule has 0 N–H and O–H groups in total. The molecular weight excluding hydrogens is 118 g/mol. The largest absolute Gasteiger partial charge is 0.189 e. The van der Waals surface area contributed by atoms with Crippen molar-refractivity contribution in [3.8, 4) is 0 Å². The minimum absolute atomic E-state index is 1.27. The van der Waals surface area contributed by atoms with Gasteiger partial charge in [0.05, 0.1) is 22.0 Å². The Hall–Kier alpha value is -0.0300. The monoisotopic (exact) mass is 119 g/mol.